The first kappa shape index (κ1) is 12.7. The van der Waals surface area contributed by atoms with Crippen LogP contribution in [0.15, 0.2) is 35.1 Å². The highest BCUT2D eigenvalue weighted by molar-refractivity contribution is 6.05. The molecule has 4 rings (SSSR count). The molecule has 104 valence electrons. The van der Waals surface area contributed by atoms with Gasteiger partial charge in [-0.05, 0) is 24.5 Å². The molecule has 3 aliphatic heterocycles. The van der Waals surface area contributed by atoms with E-state index in [0.717, 1.165) is 37.2 Å². The maximum Gasteiger partial charge on any atom is 0.270 e. The van der Waals surface area contributed by atoms with E-state index in [9.17, 15) is 15.3 Å². The molecule has 0 atom stereocenters. The lowest BCUT2D eigenvalue weighted by molar-refractivity contribution is -0.384. The first-order valence-electron chi connectivity index (χ1n) is 6.62. The van der Waals surface area contributed by atoms with Crippen LogP contribution in [0, 0.1) is 16.0 Å². The number of rotatable bonds is 2. The molecule has 6 heteroatoms. The molecule has 2 bridgehead atoms. The summed E-state index contributed by atoms with van der Waals surface area (Å²) in [7, 11) is 0. The summed E-state index contributed by atoms with van der Waals surface area (Å²) in [6, 6.07) is 6.48. The van der Waals surface area contributed by atoms with Gasteiger partial charge in [0.2, 0.25) is 0 Å². The zero-order valence-corrected chi connectivity index (χ0v) is 10.9. The highest BCUT2D eigenvalue weighted by Crippen LogP contribution is 2.33. The summed E-state index contributed by atoms with van der Waals surface area (Å²) in [5.74, 6) is 0.301. The summed E-state index contributed by atoms with van der Waals surface area (Å²) >= 11 is 0. The Morgan fingerprint density at radius 2 is 2.15 bits per heavy atom. The molecule has 0 radical (unpaired) electrons. The summed E-state index contributed by atoms with van der Waals surface area (Å²) < 4.78 is 0. The van der Waals surface area contributed by atoms with Crippen LogP contribution in [0.5, 0.6) is 0 Å². The molecule has 0 aliphatic carbocycles. The van der Waals surface area contributed by atoms with Crippen molar-refractivity contribution in [3.63, 3.8) is 0 Å². The molecule has 1 N–H and O–H groups in total. The third-order valence-corrected chi connectivity index (χ3v) is 3.98. The van der Waals surface area contributed by atoms with Crippen molar-refractivity contribution in [1.29, 1.82) is 0 Å². The smallest absolute Gasteiger partial charge is 0.270 e. The van der Waals surface area contributed by atoms with Crippen molar-refractivity contribution >= 4 is 17.5 Å². The molecule has 3 heterocycles. The monoisotopic (exact) mass is 273 g/mol. The van der Waals surface area contributed by atoms with Gasteiger partial charge in [-0.2, -0.15) is 0 Å². The van der Waals surface area contributed by atoms with Gasteiger partial charge in [0, 0.05) is 31.1 Å². The highest BCUT2D eigenvalue weighted by Gasteiger charge is 2.35. The van der Waals surface area contributed by atoms with Crippen molar-refractivity contribution in [1.82, 2.24) is 4.90 Å². The van der Waals surface area contributed by atoms with Crippen LogP contribution in [0.3, 0.4) is 0 Å². The lowest BCUT2D eigenvalue weighted by Crippen LogP contribution is -2.46. The molecule has 20 heavy (non-hydrogen) atoms. The van der Waals surface area contributed by atoms with E-state index in [1.165, 1.54) is 12.1 Å². The maximum atomic E-state index is 10.8. The molecule has 6 nitrogen and oxygen atoms in total. The fourth-order valence-corrected chi connectivity index (χ4v) is 2.95. The Labute approximate surface area is 116 Å². The average Bonchev–Trinajstić information content (AvgIpc) is 2.48. The number of non-ortho nitro benzene ring substituents is 1. The summed E-state index contributed by atoms with van der Waals surface area (Å²) in [6.07, 6.45) is 3.88. The highest BCUT2D eigenvalue weighted by atomic mass is 16.6. The lowest BCUT2D eigenvalue weighted by atomic mass is 9.83. The lowest BCUT2D eigenvalue weighted by Gasteiger charge is -2.42. The van der Waals surface area contributed by atoms with E-state index < -0.39 is 4.92 Å². The van der Waals surface area contributed by atoms with Crippen LogP contribution < -0.4 is 0 Å². The Morgan fingerprint density at radius 1 is 1.40 bits per heavy atom. The van der Waals surface area contributed by atoms with Crippen LogP contribution >= 0.6 is 0 Å². The van der Waals surface area contributed by atoms with Crippen LogP contribution in [-0.2, 0) is 0 Å². The van der Waals surface area contributed by atoms with Gasteiger partial charge in [-0.25, -0.2) is 0 Å². The molecule has 0 aromatic heterocycles. The predicted molar refractivity (Wildman–Crippen MR) is 74.6 cm³/mol. The summed E-state index contributed by atoms with van der Waals surface area (Å²) in [6.45, 7) is 1.90. The minimum Gasteiger partial charge on any atom is -0.411 e. The number of allylic oxidation sites excluding steroid dienone is 1. The number of oxime groups is 1. The van der Waals surface area contributed by atoms with Crippen LogP contribution in [0.1, 0.15) is 18.4 Å². The number of hydrogen-bond donors (Lipinski definition) is 1. The third-order valence-electron chi connectivity index (χ3n) is 3.98. The average molecular weight is 273 g/mol. The van der Waals surface area contributed by atoms with Gasteiger partial charge in [-0.3, -0.25) is 10.1 Å². The molecule has 0 amide bonds. The maximum absolute atomic E-state index is 10.8. The van der Waals surface area contributed by atoms with Crippen molar-refractivity contribution in [2.75, 3.05) is 13.1 Å². The van der Waals surface area contributed by atoms with Gasteiger partial charge in [0.15, 0.2) is 0 Å². The second kappa shape index (κ2) is 4.96. The summed E-state index contributed by atoms with van der Waals surface area (Å²) in [4.78, 5) is 12.6. The molecule has 3 saturated heterocycles. The van der Waals surface area contributed by atoms with Crippen LogP contribution in [0.4, 0.5) is 5.69 Å². The van der Waals surface area contributed by atoms with E-state index in [0.29, 0.717) is 11.6 Å². The molecule has 0 unspecified atom stereocenters. The van der Waals surface area contributed by atoms with Crippen molar-refractivity contribution in [2.45, 2.75) is 12.8 Å². The number of nitro groups is 1. The zero-order chi connectivity index (χ0) is 14.1. The Morgan fingerprint density at radius 3 is 2.80 bits per heavy atom. The van der Waals surface area contributed by atoms with E-state index in [2.05, 4.69) is 10.1 Å². The largest absolute Gasteiger partial charge is 0.411 e. The summed E-state index contributed by atoms with van der Waals surface area (Å²) in [5, 5.41) is 23.5. The molecule has 3 aliphatic rings. The second-order valence-electron chi connectivity index (χ2n) is 5.13. The second-order valence-corrected chi connectivity index (χ2v) is 5.13. The van der Waals surface area contributed by atoms with E-state index >= 15 is 0 Å². The van der Waals surface area contributed by atoms with E-state index in [4.69, 9.17) is 0 Å². The molecule has 0 spiro atoms. The van der Waals surface area contributed by atoms with Gasteiger partial charge < -0.3 is 10.1 Å². The van der Waals surface area contributed by atoms with Crippen LogP contribution in [0.25, 0.3) is 6.08 Å². The number of hydrogen-bond acceptors (Lipinski definition) is 5. The molecular weight excluding hydrogens is 258 g/mol. The van der Waals surface area contributed by atoms with Gasteiger partial charge >= 0.3 is 0 Å². The van der Waals surface area contributed by atoms with Crippen molar-refractivity contribution in [3.05, 3.63) is 45.6 Å². The number of nitrogens with zero attached hydrogens (tertiary/aromatic N) is 3. The number of benzene rings is 1. The minimum atomic E-state index is -0.406. The van der Waals surface area contributed by atoms with Crippen molar-refractivity contribution < 1.29 is 10.1 Å². The van der Waals surface area contributed by atoms with Crippen molar-refractivity contribution in [2.24, 2.45) is 11.1 Å². The van der Waals surface area contributed by atoms with E-state index in [1.54, 1.807) is 6.07 Å². The topological polar surface area (TPSA) is 79.0 Å². The number of piperidine rings is 3. The van der Waals surface area contributed by atoms with Crippen LogP contribution in [-0.4, -0.2) is 33.8 Å². The van der Waals surface area contributed by atoms with E-state index in [1.807, 2.05) is 12.1 Å². The zero-order valence-electron chi connectivity index (χ0n) is 10.9. The Balaban J connectivity index is 1.98. The quantitative estimate of drug-likeness (QED) is 0.510. The first-order chi connectivity index (χ1) is 9.69. The fraction of sp³-hybridized carbons (Fsp3) is 0.357. The van der Waals surface area contributed by atoms with E-state index in [-0.39, 0.29) is 5.69 Å². The summed E-state index contributed by atoms with van der Waals surface area (Å²) in [5.41, 5.74) is 2.41. The molecule has 1 aromatic rings. The molecular formula is C14H15N3O3. The van der Waals surface area contributed by atoms with Gasteiger partial charge in [-0.1, -0.05) is 17.3 Å². The Bertz CT molecular complexity index is 601. The number of fused-ring (bicyclic) bond motifs is 3. The molecule has 3 fully saturated rings. The molecule has 1 aromatic carbocycles. The van der Waals surface area contributed by atoms with Gasteiger partial charge in [-0.15, -0.1) is 0 Å². The van der Waals surface area contributed by atoms with Gasteiger partial charge in [0.05, 0.1) is 10.6 Å². The third kappa shape index (κ3) is 2.13. The minimum absolute atomic E-state index is 0.0674. The van der Waals surface area contributed by atoms with Crippen molar-refractivity contribution in [3.8, 4) is 0 Å². The standard InChI is InChI=1S/C14H15N3O3/c18-15-14-11-4-6-16(7-5-11)13(14)9-10-2-1-3-12(8-10)17(19)20/h1-3,8-9,11,18H,4-7H2/b13-9+,15-14+. The Hall–Kier alpha value is -2.37. The van der Waals surface area contributed by atoms with Gasteiger partial charge in [0.1, 0.15) is 5.71 Å². The van der Waals surface area contributed by atoms with Crippen LogP contribution in [0.2, 0.25) is 0 Å². The number of nitro benzene ring substituents is 1. The fourth-order valence-electron chi connectivity index (χ4n) is 2.95. The first-order valence-corrected chi connectivity index (χ1v) is 6.62. The SMILES string of the molecule is O=[N+]([O-])c1cccc(/C=C2\C(=N\O)C3CCN2CC3)c1. The Kier molecular flexibility index (Phi) is 3.14. The van der Waals surface area contributed by atoms with Gasteiger partial charge in [0.25, 0.3) is 5.69 Å². The normalized spacial score (nSPS) is 22.7. The predicted octanol–water partition coefficient (Wildman–Crippen LogP) is 2.49. The molecule has 0 saturated carbocycles.